The first-order chi connectivity index (χ1) is 11.0. The minimum Gasteiger partial charge on any atom is -0.339 e. The molecule has 1 aromatic carbocycles. The molecule has 1 aromatic rings. The van der Waals surface area contributed by atoms with Gasteiger partial charge in [0.1, 0.15) is 0 Å². The topological polar surface area (TPSA) is 69.7 Å². The molecule has 1 heterocycles. The number of carbonyl (C=O) groups is 3. The van der Waals surface area contributed by atoms with Crippen LogP contribution in [0.3, 0.4) is 0 Å². The molecule has 23 heavy (non-hydrogen) atoms. The van der Waals surface area contributed by atoms with Crippen LogP contribution in [0.4, 0.5) is 5.69 Å². The van der Waals surface area contributed by atoms with E-state index in [1.54, 1.807) is 34.1 Å². The van der Waals surface area contributed by atoms with E-state index in [0.29, 0.717) is 36.9 Å². The zero-order valence-electron chi connectivity index (χ0n) is 13.0. The quantitative estimate of drug-likeness (QED) is 0.910. The lowest BCUT2D eigenvalue weighted by Gasteiger charge is -2.34. The number of anilines is 1. The lowest BCUT2D eigenvalue weighted by atomic mass is 10.2. The maximum Gasteiger partial charge on any atom is 0.224 e. The van der Waals surface area contributed by atoms with Gasteiger partial charge in [0.2, 0.25) is 17.7 Å². The number of rotatable bonds is 4. The fourth-order valence-electron chi connectivity index (χ4n) is 2.44. The molecule has 0 radical (unpaired) electrons. The van der Waals surface area contributed by atoms with Gasteiger partial charge in [-0.2, -0.15) is 0 Å². The van der Waals surface area contributed by atoms with Crippen LogP contribution in [0.1, 0.15) is 19.8 Å². The Balaban J connectivity index is 1.74. The Morgan fingerprint density at radius 1 is 1.09 bits per heavy atom. The number of carbonyl (C=O) groups excluding carboxylic acids is 3. The lowest BCUT2D eigenvalue weighted by molar-refractivity contribution is -0.138. The van der Waals surface area contributed by atoms with Crippen LogP contribution >= 0.6 is 11.6 Å². The van der Waals surface area contributed by atoms with Crippen molar-refractivity contribution in [3.63, 3.8) is 0 Å². The highest BCUT2D eigenvalue weighted by atomic mass is 35.5. The average molecular weight is 338 g/mol. The molecule has 1 aliphatic rings. The SMILES string of the molecule is CC(=O)N1CCN(C(=O)CCC(=O)Nc2cccc(Cl)c2)CC1. The third-order valence-electron chi connectivity index (χ3n) is 3.75. The van der Waals surface area contributed by atoms with Gasteiger partial charge in [-0.3, -0.25) is 14.4 Å². The van der Waals surface area contributed by atoms with E-state index in [9.17, 15) is 14.4 Å². The summed E-state index contributed by atoms with van der Waals surface area (Å²) in [5.74, 6) is -0.254. The largest absolute Gasteiger partial charge is 0.339 e. The van der Waals surface area contributed by atoms with Crippen molar-refractivity contribution in [2.75, 3.05) is 31.5 Å². The Morgan fingerprint density at radius 2 is 1.74 bits per heavy atom. The number of halogens is 1. The molecular formula is C16H20ClN3O3. The average Bonchev–Trinajstić information content (AvgIpc) is 2.52. The second kappa shape index (κ2) is 7.97. The van der Waals surface area contributed by atoms with Crippen LogP contribution in [-0.4, -0.2) is 53.7 Å². The fourth-order valence-corrected chi connectivity index (χ4v) is 2.63. The van der Waals surface area contributed by atoms with Crippen LogP contribution in [0.2, 0.25) is 5.02 Å². The van der Waals surface area contributed by atoms with Crippen LogP contribution in [0, 0.1) is 0 Å². The summed E-state index contributed by atoms with van der Waals surface area (Å²) in [6.45, 7) is 3.67. The molecule has 1 saturated heterocycles. The molecule has 1 aliphatic heterocycles. The summed E-state index contributed by atoms with van der Waals surface area (Å²) in [4.78, 5) is 38.6. The predicted molar refractivity (Wildman–Crippen MR) is 88.1 cm³/mol. The standard InChI is InChI=1S/C16H20ClN3O3/c1-12(21)19-7-9-20(10-8-19)16(23)6-5-15(22)18-14-4-2-3-13(17)11-14/h2-4,11H,5-10H2,1H3,(H,18,22). The van der Waals surface area contributed by atoms with Gasteiger partial charge in [0.05, 0.1) is 0 Å². The van der Waals surface area contributed by atoms with E-state index in [1.165, 1.54) is 6.92 Å². The molecular weight excluding hydrogens is 318 g/mol. The zero-order chi connectivity index (χ0) is 16.8. The van der Waals surface area contributed by atoms with E-state index in [2.05, 4.69) is 5.32 Å². The number of piperazine rings is 1. The molecule has 1 fully saturated rings. The lowest BCUT2D eigenvalue weighted by Crippen LogP contribution is -2.50. The van der Waals surface area contributed by atoms with Crippen LogP contribution in [-0.2, 0) is 14.4 Å². The van der Waals surface area contributed by atoms with Gasteiger partial charge in [-0.25, -0.2) is 0 Å². The number of hydrogen-bond acceptors (Lipinski definition) is 3. The van der Waals surface area contributed by atoms with Crippen molar-refractivity contribution < 1.29 is 14.4 Å². The highest BCUT2D eigenvalue weighted by Gasteiger charge is 2.22. The molecule has 7 heteroatoms. The second-order valence-electron chi connectivity index (χ2n) is 5.45. The minimum absolute atomic E-state index is 0.0259. The van der Waals surface area contributed by atoms with Crippen LogP contribution in [0.5, 0.6) is 0 Å². The summed E-state index contributed by atoms with van der Waals surface area (Å²) < 4.78 is 0. The van der Waals surface area contributed by atoms with Crippen LogP contribution in [0.25, 0.3) is 0 Å². The van der Waals surface area contributed by atoms with Gasteiger partial charge < -0.3 is 15.1 Å². The summed E-state index contributed by atoms with van der Waals surface area (Å²) in [6, 6.07) is 6.87. The first-order valence-corrected chi connectivity index (χ1v) is 7.92. The Hall–Kier alpha value is -2.08. The van der Waals surface area contributed by atoms with Crippen LogP contribution in [0.15, 0.2) is 24.3 Å². The molecule has 124 valence electrons. The molecule has 0 unspecified atom stereocenters. The Bertz CT molecular complexity index is 598. The normalized spacial score (nSPS) is 14.5. The van der Waals surface area contributed by atoms with Crippen molar-refractivity contribution in [1.29, 1.82) is 0 Å². The first-order valence-electron chi connectivity index (χ1n) is 7.54. The number of nitrogens with zero attached hydrogens (tertiary/aromatic N) is 2. The number of nitrogens with one attached hydrogen (secondary N) is 1. The smallest absolute Gasteiger partial charge is 0.224 e. The molecule has 1 N–H and O–H groups in total. The van der Waals surface area contributed by atoms with Gasteiger partial charge >= 0.3 is 0 Å². The van der Waals surface area contributed by atoms with E-state index in [0.717, 1.165) is 0 Å². The third kappa shape index (κ3) is 5.25. The maximum atomic E-state index is 12.1. The van der Waals surface area contributed by atoms with Gasteiger partial charge in [0.25, 0.3) is 0 Å². The monoisotopic (exact) mass is 337 g/mol. The minimum atomic E-state index is -0.219. The summed E-state index contributed by atoms with van der Waals surface area (Å²) in [6.07, 6.45) is 0.282. The van der Waals surface area contributed by atoms with Crippen molar-refractivity contribution in [3.8, 4) is 0 Å². The first kappa shape index (κ1) is 17.3. The van der Waals surface area contributed by atoms with Crippen molar-refractivity contribution in [2.24, 2.45) is 0 Å². The van der Waals surface area contributed by atoms with E-state index in [4.69, 9.17) is 11.6 Å². The molecule has 2 rings (SSSR count). The van der Waals surface area contributed by atoms with Crippen molar-refractivity contribution >= 4 is 35.0 Å². The summed E-state index contributed by atoms with van der Waals surface area (Å²) in [7, 11) is 0. The second-order valence-corrected chi connectivity index (χ2v) is 5.88. The predicted octanol–water partition coefficient (Wildman–Crippen LogP) is 1.75. The van der Waals surface area contributed by atoms with Gasteiger partial charge in [-0.05, 0) is 18.2 Å². The molecule has 0 atom stereocenters. The van der Waals surface area contributed by atoms with Crippen molar-refractivity contribution in [3.05, 3.63) is 29.3 Å². The highest BCUT2D eigenvalue weighted by molar-refractivity contribution is 6.30. The molecule has 0 saturated carbocycles. The highest BCUT2D eigenvalue weighted by Crippen LogP contribution is 2.15. The van der Waals surface area contributed by atoms with Crippen molar-refractivity contribution in [1.82, 2.24) is 9.80 Å². The summed E-state index contributed by atoms with van der Waals surface area (Å²) in [5, 5.41) is 3.26. The Morgan fingerprint density at radius 3 is 2.35 bits per heavy atom. The summed E-state index contributed by atoms with van der Waals surface area (Å²) in [5.41, 5.74) is 0.616. The number of hydrogen-bond donors (Lipinski definition) is 1. The number of amides is 3. The van der Waals surface area contributed by atoms with Gasteiger partial charge in [-0.15, -0.1) is 0 Å². The number of benzene rings is 1. The Labute approximate surface area is 140 Å². The molecule has 0 spiro atoms. The van der Waals surface area contributed by atoms with Gasteiger partial charge in [0, 0.05) is 56.7 Å². The van der Waals surface area contributed by atoms with Gasteiger partial charge in [0.15, 0.2) is 0 Å². The molecule has 0 bridgehead atoms. The molecule has 3 amide bonds. The molecule has 6 nitrogen and oxygen atoms in total. The molecule has 0 aromatic heterocycles. The molecule has 0 aliphatic carbocycles. The maximum absolute atomic E-state index is 12.1. The van der Waals surface area contributed by atoms with Crippen molar-refractivity contribution in [2.45, 2.75) is 19.8 Å². The summed E-state index contributed by atoms with van der Waals surface area (Å²) >= 11 is 5.85. The van der Waals surface area contributed by atoms with E-state index in [-0.39, 0.29) is 30.6 Å². The van der Waals surface area contributed by atoms with Crippen LogP contribution < -0.4 is 5.32 Å². The fraction of sp³-hybridized carbons (Fsp3) is 0.438. The zero-order valence-corrected chi connectivity index (χ0v) is 13.8. The Kier molecular flexibility index (Phi) is 5.98. The van der Waals surface area contributed by atoms with Gasteiger partial charge in [-0.1, -0.05) is 17.7 Å². The van der Waals surface area contributed by atoms with E-state index in [1.807, 2.05) is 0 Å². The third-order valence-corrected chi connectivity index (χ3v) is 3.99. The van der Waals surface area contributed by atoms with E-state index < -0.39 is 0 Å². The van der Waals surface area contributed by atoms with E-state index >= 15 is 0 Å².